The van der Waals surface area contributed by atoms with Gasteiger partial charge in [-0.2, -0.15) is 0 Å². The maximum atomic E-state index is 6.18. The van der Waals surface area contributed by atoms with Crippen molar-refractivity contribution in [1.82, 2.24) is 0 Å². The lowest BCUT2D eigenvalue weighted by Crippen LogP contribution is -2.20. The van der Waals surface area contributed by atoms with Gasteiger partial charge in [0.1, 0.15) is 0 Å². The molecule has 1 nitrogen and oxygen atoms in total. The van der Waals surface area contributed by atoms with Gasteiger partial charge in [-0.15, -0.1) is 0 Å². The Hall–Kier alpha value is -1.02. The molecule has 1 aromatic carbocycles. The molecule has 2 N–H and O–H groups in total. The van der Waals surface area contributed by atoms with Crippen molar-refractivity contribution in [3.8, 4) is 0 Å². The highest BCUT2D eigenvalue weighted by molar-refractivity contribution is 6.44. The van der Waals surface area contributed by atoms with Crippen LogP contribution >= 0.6 is 23.2 Å². The molecular weight excluding hydrogens is 289 g/mol. The molecule has 20 heavy (non-hydrogen) atoms. The van der Waals surface area contributed by atoms with Crippen molar-refractivity contribution in [3.63, 3.8) is 0 Å². The quantitative estimate of drug-likeness (QED) is 0.745. The molecule has 2 rings (SSSR count). The van der Waals surface area contributed by atoms with Crippen LogP contribution in [0.4, 0.5) is 0 Å². The third-order valence-electron chi connectivity index (χ3n) is 3.78. The first-order valence-electron chi connectivity index (χ1n) is 6.77. The van der Waals surface area contributed by atoms with E-state index >= 15 is 0 Å². The van der Waals surface area contributed by atoms with E-state index in [0.717, 1.165) is 18.4 Å². The minimum atomic E-state index is 0.119. The van der Waals surface area contributed by atoms with E-state index in [1.807, 2.05) is 25.1 Å². The molecule has 0 saturated carbocycles. The summed E-state index contributed by atoms with van der Waals surface area (Å²) in [6.45, 7) is 6.03. The van der Waals surface area contributed by atoms with Crippen molar-refractivity contribution in [2.24, 2.45) is 5.73 Å². The highest BCUT2D eigenvalue weighted by atomic mass is 35.5. The highest BCUT2D eigenvalue weighted by Gasteiger charge is 2.25. The zero-order chi connectivity index (χ0) is 14.7. The van der Waals surface area contributed by atoms with Crippen LogP contribution in [-0.2, 0) is 0 Å². The molecule has 1 aromatic rings. The van der Waals surface area contributed by atoms with Crippen LogP contribution in [0.3, 0.4) is 0 Å². The summed E-state index contributed by atoms with van der Waals surface area (Å²) in [7, 11) is 0. The van der Waals surface area contributed by atoms with E-state index in [1.54, 1.807) is 6.08 Å². The standard InChI is InChI=1S/C17H19Cl2N/c1-3-15(18)16(19)10-11(2)12-8-9-17(20)14-7-5-4-6-13(12)14/h3-7,10,12,17H,2,8-9,20H2,1H3/b15-3+,16-10+/t12-,17+/m0/s1. The number of benzene rings is 1. The molecule has 1 aliphatic rings. The van der Waals surface area contributed by atoms with E-state index in [-0.39, 0.29) is 12.0 Å². The van der Waals surface area contributed by atoms with Gasteiger partial charge in [0, 0.05) is 12.0 Å². The second kappa shape index (κ2) is 6.62. The van der Waals surface area contributed by atoms with E-state index in [0.29, 0.717) is 10.1 Å². The Morgan fingerprint density at radius 3 is 2.50 bits per heavy atom. The molecule has 106 valence electrons. The Kier molecular flexibility index (Phi) is 5.09. The summed E-state index contributed by atoms with van der Waals surface area (Å²) >= 11 is 12.2. The second-order valence-electron chi connectivity index (χ2n) is 5.07. The van der Waals surface area contributed by atoms with E-state index in [9.17, 15) is 0 Å². The highest BCUT2D eigenvalue weighted by Crippen LogP contribution is 2.40. The molecule has 0 spiro atoms. The van der Waals surface area contributed by atoms with E-state index in [1.165, 1.54) is 11.1 Å². The molecule has 0 saturated heterocycles. The van der Waals surface area contributed by atoms with Crippen LogP contribution in [0.15, 0.2) is 58.6 Å². The first-order valence-corrected chi connectivity index (χ1v) is 7.52. The van der Waals surface area contributed by atoms with Gasteiger partial charge in [-0.05, 0) is 42.5 Å². The second-order valence-corrected chi connectivity index (χ2v) is 5.88. The van der Waals surface area contributed by atoms with Crippen molar-refractivity contribution in [2.75, 3.05) is 0 Å². The summed E-state index contributed by atoms with van der Waals surface area (Å²) in [5.74, 6) is 0.265. The number of fused-ring (bicyclic) bond motifs is 1. The SMILES string of the molecule is C=C(/C=C(Cl)\C(Cl)=C/C)[C@@H]1CC[C@@H](N)c2ccccc21. The number of hydrogen-bond donors (Lipinski definition) is 1. The first-order chi connectivity index (χ1) is 9.54. The van der Waals surface area contributed by atoms with Crippen LogP contribution in [0.5, 0.6) is 0 Å². The van der Waals surface area contributed by atoms with Gasteiger partial charge in [0.15, 0.2) is 0 Å². The maximum absolute atomic E-state index is 6.18. The normalized spacial score (nSPS) is 23.4. The predicted molar refractivity (Wildman–Crippen MR) is 88.0 cm³/mol. The van der Waals surface area contributed by atoms with Gasteiger partial charge in [-0.25, -0.2) is 0 Å². The van der Waals surface area contributed by atoms with Gasteiger partial charge in [0.05, 0.1) is 10.1 Å². The monoisotopic (exact) mass is 307 g/mol. The molecular formula is C17H19Cl2N. The van der Waals surface area contributed by atoms with Crippen molar-refractivity contribution < 1.29 is 0 Å². The third kappa shape index (κ3) is 3.17. The summed E-state index contributed by atoms with van der Waals surface area (Å²) in [4.78, 5) is 0. The van der Waals surface area contributed by atoms with E-state index < -0.39 is 0 Å². The first kappa shape index (κ1) is 15.4. The fourth-order valence-corrected chi connectivity index (χ4v) is 2.98. The van der Waals surface area contributed by atoms with E-state index in [2.05, 4.69) is 18.7 Å². The van der Waals surface area contributed by atoms with Crippen LogP contribution < -0.4 is 5.73 Å². The average molecular weight is 308 g/mol. The van der Waals surface area contributed by atoms with Crippen molar-refractivity contribution in [1.29, 1.82) is 0 Å². The van der Waals surface area contributed by atoms with Crippen molar-refractivity contribution >= 4 is 23.2 Å². The zero-order valence-electron chi connectivity index (χ0n) is 11.6. The number of halogens is 2. The summed E-state index contributed by atoms with van der Waals surface area (Å²) in [6, 6.07) is 8.42. The minimum absolute atomic E-state index is 0.119. The molecule has 1 aliphatic carbocycles. The average Bonchev–Trinajstić information content (AvgIpc) is 2.46. The zero-order valence-corrected chi connectivity index (χ0v) is 13.1. The molecule has 0 aliphatic heterocycles. The third-order valence-corrected chi connectivity index (χ3v) is 4.61. The van der Waals surface area contributed by atoms with Crippen molar-refractivity contribution in [3.05, 3.63) is 69.8 Å². The molecule has 0 amide bonds. The molecule has 0 aromatic heterocycles. The summed E-state index contributed by atoms with van der Waals surface area (Å²) in [6.07, 6.45) is 5.59. The Morgan fingerprint density at radius 1 is 1.20 bits per heavy atom. The largest absolute Gasteiger partial charge is 0.324 e. The lowest BCUT2D eigenvalue weighted by Gasteiger charge is -2.30. The van der Waals surface area contributed by atoms with Gasteiger partial charge in [-0.1, -0.05) is 60.1 Å². The van der Waals surface area contributed by atoms with Crippen LogP contribution in [0.2, 0.25) is 0 Å². The molecule has 0 fully saturated rings. The Balaban J connectivity index is 2.31. The topological polar surface area (TPSA) is 26.0 Å². The summed E-state index contributed by atoms with van der Waals surface area (Å²) in [5, 5.41) is 1.08. The van der Waals surface area contributed by atoms with Gasteiger partial charge in [-0.3, -0.25) is 0 Å². The van der Waals surface area contributed by atoms with Gasteiger partial charge in [0.2, 0.25) is 0 Å². The fourth-order valence-electron chi connectivity index (χ4n) is 2.68. The van der Waals surface area contributed by atoms with Gasteiger partial charge >= 0.3 is 0 Å². The Bertz CT molecular complexity index is 572. The molecule has 0 heterocycles. The number of allylic oxidation sites excluding steroid dienone is 5. The molecule has 0 bridgehead atoms. The van der Waals surface area contributed by atoms with Gasteiger partial charge in [0.25, 0.3) is 0 Å². The van der Waals surface area contributed by atoms with Crippen LogP contribution in [0, 0.1) is 0 Å². The molecule has 3 heteroatoms. The minimum Gasteiger partial charge on any atom is -0.324 e. The number of rotatable bonds is 3. The van der Waals surface area contributed by atoms with Crippen LogP contribution in [0.25, 0.3) is 0 Å². The van der Waals surface area contributed by atoms with Crippen LogP contribution in [-0.4, -0.2) is 0 Å². The van der Waals surface area contributed by atoms with Crippen LogP contribution in [0.1, 0.15) is 42.9 Å². The Morgan fingerprint density at radius 2 is 1.85 bits per heavy atom. The fraction of sp³-hybridized carbons (Fsp3) is 0.294. The summed E-state index contributed by atoms with van der Waals surface area (Å²) < 4.78 is 0. The Labute approximate surface area is 130 Å². The van der Waals surface area contributed by atoms with Crippen molar-refractivity contribution in [2.45, 2.75) is 31.7 Å². The van der Waals surface area contributed by atoms with Gasteiger partial charge < -0.3 is 5.73 Å². The summed E-state index contributed by atoms with van der Waals surface area (Å²) in [5.41, 5.74) is 9.63. The predicted octanol–water partition coefficient (Wildman–Crippen LogP) is 5.39. The smallest absolute Gasteiger partial charge is 0.0591 e. The molecule has 0 unspecified atom stereocenters. The van der Waals surface area contributed by atoms with E-state index in [4.69, 9.17) is 28.9 Å². The number of hydrogen-bond acceptors (Lipinski definition) is 1. The molecule has 2 atom stereocenters. The lowest BCUT2D eigenvalue weighted by atomic mass is 9.77. The number of nitrogens with two attached hydrogens (primary N) is 1. The lowest BCUT2D eigenvalue weighted by molar-refractivity contribution is 0.530. The maximum Gasteiger partial charge on any atom is 0.0591 e. The molecule has 0 radical (unpaired) electrons.